The molecule has 2 N–H and O–H groups in total. The summed E-state index contributed by atoms with van der Waals surface area (Å²) in [4.78, 5) is 43.4. The first kappa shape index (κ1) is 24.2. The van der Waals surface area contributed by atoms with E-state index in [0.717, 1.165) is 5.56 Å². The first-order valence-electron chi connectivity index (χ1n) is 10.7. The highest BCUT2D eigenvalue weighted by Crippen LogP contribution is 2.17. The summed E-state index contributed by atoms with van der Waals surface area (Å²) in [6, 6.07) is 12.8. The van der Waals surface area contributed by atoms with Gasteiger partial charge in [-0.25, -0.2) is 4.98 Å². The Bertz CT molecular complexity index is 1060. The molecule has 2 aromatic heterocycles. The highest BCUT2D eigenvalue weighted by atomic mass is 32.1. The molecule has 0 unspecified atom stereocenters. The van der Waals surface area contributed by atoms with Gasteiger partial charge >= 0.3 is 0 Å². The molecule has 174 valence electrons. The van der Waals surface area contributed by atoms with Gasteiger partial charge in [0.1, 0.15) is 6.54 Å². The number of nitrogens with one attached hydrogen (secondary N) is 2. The number of benzene rings is 1. The predicted molar refractivity (Wildman–Crippen MR) is 127 cm³/mol. The number of hydrogen-bond acceptors (Lipinski definition) is 6. The molecule has 0 saturated carbocycles. The Hall–Kier alpha value is -3.46. The smallest absolute Gasteiger partial charge is 0.290 e. The molecule has 0 fully saturated rings. The van der Waals surface area contributed by atoms with Crippen LogP contribution >= 0.6 is 11.3 Å². The number of carbonyl (C=O) groups is 3. The number of carbonyl (C=O) groups excluding carboxylic acids is 3. The molecule has 0 aliphatic carbocycles. The number of aromatic nitrogens is 1. The van der Waals surface area contributed by atoms with Gasteiger partial charge in [-0.3, -0.25) is 14.4 Å². The van der Waals surface area contributed by atoms with Gasteiger partial charge < -0.3 is 20.0 Å². The van der Waals surface area contributed by atoms with Crippen molar-refractivity contribution in [3.8, 4) is 0 Å². The molecule has 0 spiro atoms. The van der Waals surface area contributed by atoms with Crippen molar-refractivity contribution in [2.24, 2.45) is 5.92 Å². The summed E-state index contributed by atoms with van der Waals surface area (Å²) in [5, 5.41) is 7.79. The summed E-state index contributed by atoms with van der Waals surface area (Å²) in [5.41, 5.74) is 1.59. The molecule has 33 heavy (non-hydrogen) atoms. The number of amides is 3. The molecule has 2 heterocycles. The van der Waals surface area contributed by atoms with E-state index in [1.54, 1.807) is 17.5 Å². The highest BCUT2D eigenvalue weighted by molar-refractivity contribution is 7.13. The maximum Gasteiger partial charge on any atom is 0.290 e. The van der Waals surface area contributed by atoms with Gasteiger partial charge in [0.2, 0.25) is 11.8 Å². The van der Waals surface area contributed by atoms with Gasteiger partial charge in [0.15, 0.2) is 10.9 Å². The lowest BCUT2D eigenvalue weighted by molar-refractivity contribution is -0.121. The molecule has 0 saturated heterocycles. The number of hydrogen-bond donors (Lipinski definition) is 2. The summed E-state index contributed by atoms with van der Waals surface area (Å²) >= 11 is 1.24. The molecule has 0 radical (unpaired) electrons. The highest BCUT2D eigenvalue weighted by Gasteiger charge is 2.22. The standard InChI is InChI=1S/C24H28N4O4S/c1-16(2)13-28(23(31)20-10-7-11-32-20)14-22(30)27-24-26-19(15-33-24)12-21(29)25-17(3)18-8-5-4-6-9-18/h4-11,15-17H,12-14H2,1-3H3,(H,25,29)(H,26,27,30)/t17-/m0/s1. The molecule has 0 aliphatic heterocycles. The van der Waals surface area contributed by atoms with Crippen molar-refractivity contribution in [2.45, 2.75) is 33.2 Å². The summed E-state index contributed by atoms with van der Waals surface area (Å²) in [5.74, 6) is -0.483. The van der Waals surface area contributed by atoms with Crippen LogP contribution in [0.1, 0.15) is 48.6 Å². The minimum absolute atomic E-state index is 0.111. The Morgan fingerprint density at radius 1 is 1.06 bits per heavy atom. The topological polar surface area (TPSA) is 105 Å². The monoisotopic (exact) mass is 468 g/mol. The van der Waals surface area contributed by atoms with Crippen molar-refractivity contribution in [1.29, 1.82) is 0 Å². The first-order valence-corrected chi connectivity index (χ1v) is 11.6. The number of furan rings is 1. The minimum atomic E-state index is -0.362. The zero-order valence-electron chi connectivity index (χ0n) is 18.9. The lowest BCUT2D eigenvalue weighted by atomic mass is 10.1. The second-order valence-corrected chi connectivity index (χ2v) is 8.98. The predicted octanol–water partition coefficient (Wildman–Crippen LogP) is 3.89. The lowest BCUT2D eigenvalue weighted by Gasteiger charge is -2.22. The molecule has 1 atom stereocenters. The Kier molecular flexibility index (Phi) is 8.37. The fourth-order valence-electron chi connectivity index (χ4n) is 3.28. The van der Waals surface area contributed by atoms with Gasteiger partial charge in [-0.15, -0.1) is 11.3 Å². The van der Waals surface area contributed by atoms with Crippen LogP contribution in [-0.2, 0) is 16.0 Å². The van der Waals surface area contributed by atoms with E-state index in [1.807, 2.05) is 51.1 Å². The van der Waals surface area contributed by atoms with E-state index in [9.17, 15) is 14.4 Å². The largest absolute Gasteiger partial charge is 0.459 e. The molecule has 9 heteroatoms. The van der Waals surface area contributed by atoms with E-state index in [0.29, 0.717) is 17.4 Å². The minimum Gasteiger partial charge on any atom is -0.459 e. The second-order valence-electron chi connectivity index (χ2n) is 8.13. The average molecular weight is 469 g/mol. The van der Waals surface area contributed by atoms with Crippen molar-refractivity contribution in [3.63, 3.8) is 0 Å². The maximum atomic E-state index is 12.6. The number of rotatable bonds is 10. The van der Waals surface area contributed by atoms with Crippen LogP contribution in [0.15, 0.2) is 58.5 Å². The van der Waals surface area contributed by atoms with Gasteiger partial charge in [-0.2, -0.15) is 0 Å². The van der Waals surface area contributed by atoms with Crippen molar-refractivity contribution in [2.75, 3.05) is 18.4 Å². The number of anilines is 1. The van der Waals surface area contributed by atoms with Crippen LogP contribution in [-0.4, -0.2) is 40.7 Å². The summed E-state index contributed by atoms with van der Waals surface area (Å²) in [7, 11) is 0. The lowest BCUT2D eigenvalue weighted by Crippen LogP contribution is -2.40. The Morgan fingerprint density at radius 2 is 1.82 bits per heavy atom. The molecule has 1 aromatic carbocycles. The van der Waals surface area contributed by atoms with Crippen LogP contribution in [0.25, 0.3) is 0 Å². The van der Waals surface area contributed by atoms with Gasteiger partial charge in [-0.05, 0) is 30.5 Å². The molecular weight excluding hydrogens is 440 g/mol. The van der Waals surface area contributed by atoms with Crippen LogP contribution in [0.2, 0.25) is 0 Å². The van der Waals surface area contributed by atoms with Crippen molar-refractivity contribution < 1.29 is 18.8 Å². The Balaban J connectivity index is 1.53. The van der Waals surface area contributed by atoms with Gasteiger partial charge in [-0.1, -0.05) is 44.2 Å². The van der Waals surface area contributed by atoms with Crippen LogP contribution in [0.4, 0.5) is 5.13 Å². The third-order valence-electron chi connectivity index (χ3n) is 4.76. The van der Waals surface area contributed by atoms with Gasteiger partial charge in [0.05, 0.1) is 24.4 Å². The van der Waals surface area contributed by atoms with Crippen molar-refractivity contribution in [3.05, 3.63) is 71.1 Å². The van der Waals surface area contributed by atoms with E-state index in [4.69, 9.17) is 4.42 Å². The van der Waals surface area contributed by atoms with Crippen LogP contribution in [0, 0.1) is 5.92 Å². The Morgan fingerprint density at radius 3 is 2.48 bits per heavy atom. The van der Waals surface area contributed by atoms with Gasteiger partial charge in [0.25, 0.3) is 5.91 Å². The number of nitrogens with zero attached hydrogens (tertiary/aromatic N) is 2. The Labute approximate surface area is 197 Å². The first-order chi connectivity index (χ1) is 15.8. The van der Waals surface area contributed by atoms with E-state index in [2.05, 4.69) is 15.6 Å². The maximum absolute atomic E-state index is 12.6. The molecule has 3 rings (SSSR count). The molecule has 0 aliphatic rings. The van der Waals surface area contributed by atoms with Crippen molar-refractivity contribution >= 4 is 34.2 Å². The summed E-state index contributed by atoms with van der Waals surface area (Å²) in [6.45, 7) is 6.15. The van der Waals surface area contributed by atoms with Crippen LogP contribution in [0.5, 0.6) is 0 Å². The molecule has 8 nitrogen and oxygen atoms in total. The summed E-state index contributed by atoms with van der Waals surface area (Å²) in [6.07, 6.45) is 1.54. The average Bonchev–Trinajstić information content (AvgIpc) is 3.45. The zero-order valence-corrected chi connectivity index (χ0v) is 19.7. The molecule has 3 amide bonds. The third kappa shape index (κ3) is 7.28. The molecule has 0 bridgehead atoms. The van der Waals surface area contributed by atoms with Crippen molar-refractivity contribution in [1.82, 2.24) is 15.2 Å². The quantitative estimate of drug-likeness (QED) is 0.470. The van der Waals surface area contributed by atoms with E-state index in [-0.39, 0.29) is 48.4 Å². The van der Waals surface area contributed by atoms with Gasteiger partial charge in [0, 0.05) is 11.9 Å². The second kappa shape index (κ2) is 11.4. The molecule has 3 aromatic rings. The summed E-state index contributed by atoms with van der Waals surface area (Å²) < 4.78 is 5.18. The SMILES string of the molecule is CC(C)CN(CC(=O)Nc1nc(CC(=O)N[C@@H](C)c2ccccc2)cs1)C(=O)c1ccco1. The molecular formula is C24H28N4O4S. The van der Waals surface area contributed by atoms with Crippen LogP contribution < -0.4 is 10.6 Å². The van der Waals surface area contributed by atoms with Crippen LogP contribution in [0.3, 0.4) is 0 Å². The fraction of sp³-hybridized carbons (Fsp3) is 0.333. The third-order valence-corrected chi connectivity index (χ3v) is 5.56. The fourth-order valence-corrected chi connectivity index (χ4v) is 4.00. The van der Waals surface area contributed by atoms with E-state index in [1.165, 1.54) is 22.5 Å². The van der Waals surface area contributed by atoms with E-state index < -0.39 is 0 Å². The van der Waals surface area contributed by atoms with E-state index >= 15 is 0 Å². The normalized spacial score (nSPS) is 11.8. The number of thiazole rings is 1. The zero-order chi connectivity index (χ0) is 23.8.